The van der Waals surface area contributed by atoms with Crippen LogP contribution in [0, 0.1) is 11.8 Å². The van der Waals surface area contributed by atoms with Crippen LogP contribution in [-0.2, 0) is 21.1 Å². The van der Waals surface area contributed by atoms with Crippen LogP contribution >= 0.6 is 0 Å². The first kappa shape index (κ1) is 22.1. The topological polar surface area (TPSA) is 82.3 Å². The van der Waals surface area contributed by atoms with Crippen molar-refractivity contribution in [2.45, 2.75) is 57.8 Å². The van der Waals surface area contributed by atoms with Crippen LogP contribution in [0.2, 0.25) is 18.1 Å². The average molecular weight is 428 g/mol. The highest BCUT2D eigenvalue weighted by Gasteiger charge is 2.36. The minimum Gasteiger partial charge on any atom is -0.406 e. The molecule has 30 heavy (non-hydrogen) atoms. The zero-order valence-electron chi connectivity index (χ0n) is 18.5. The normalized spacial score (nSPS) is 17.6. The van der Waals surface area contributed by atoms with E-state index >= 15 is 0 Å². The van der Waals surface area contributed by atoms with Gasteiger partial charge in [-0.05, 0) is 36.7 Å². The van der Waals surface area contributed by atoms with Gasteiger partial charge in [0.15, 0.2) is 8.32 Å². The highest BCUT2D eigenvalue weighted by molar-refractivity contribution is 6.74. The van der Waals surface area contributed by atoms with E-state index in [1.165, 1.54) is 9.13 Å². The Bertz CT molecular complexity index is 1130. The molecule has 2 aromatic rings. The highest BCUT2D eigenvalue weighted by atomic mass is 28.4. The van der Waals surface area contributed by atoms with Gasteiger partial charge in [0.1, 0.15) is 6.04 Å². The summed E-state index contributed by atoms with van der Waals surface area (Å²) in [6, 6.07) is 4.78. The predicted molar refractivity (Wildman–Crippen MR) is 119 cm³/mol. The van der Waals surface area contributed by atoms with Crippen molar-refractivity contribution in [3.8, 4) is 11.8 Å². The van der Waals surface area contributed by atoms with Gasteiger partial charge in [0.05, 0.1) is 23.2 Å². The molecule has 2 amide bonds. The molecular formula is C22H29N3O4Si. The number of nitrogens with one attached hydrogen (secondary N) is 1. The van der Waals surface area contributed by atoms with Crippen LogP contribution < -0.4 is 11.0 Å². The molecule has 2 heterocycles. The molecule has 1 atom stereocenters. The van der Waals surface area contributed by atoms with Gasteiger partial charge < -0.3 is 4.43 Å². The van der Waals surface area contributed by atoms with E-state index in [-0.39, 0.29) is 23.1 Å². The Morgan fingerprint density at radius 2 is 1.93 bits per heavy atom. The summed E-state index contributed by atoms with van der Waals surface area (Å²) in [5, 5.41) is 2.43. The summed E-state index contributed by atoms with van der Waals surface area (Å²) in [6.07, 6.45) is 0.517. The van der Waals surface area contributed by atoms with E-state index in [9.17, 15) is 14.4 Å². The fraction of sp³-hybridized carbons (Fsp3) is 0.500. The van der Waals surface area contributed by atoms with Crippen LogP contribution in [0.5, 0.6) is 0 Å². The molecule has 160 valence electrons. The van der Waals surface area contributed by atoms with E-state index in [4.69, 9.17) is 4.43 Å². The van der Waals surface area contributed by atoms with Crippen molar-refractivity contribution in [3.05, 3.63) is 34.2 Å². The second kappa shape index (κ2) is 7.89. The zero-order valence-corrected chi connectivity index (χ0v) is 19.5. The van der Waals surface area contributed by atoms with Crippen molar-refractivity contribution >= 4 is 31.2 Å². The highest BCUT2D eigenvalue weighted by Crippen LogP contribution is 2.36. The number of carbonyl (C=O) groups is 2. The molecule has 1 unspecified atom stereocenters. The van der Waals surface area contributed by atoms with Gasteiger partial charge in [0, 0.05) is 13.5 Å². The predicted octanol–water partition coefficient (Wildman–Crippen LogP) is 2.69. The van der Waals surface area contributed by atoms with Crippen LogP contribution in [0.15, 0.2) is 23.0 Å². The molecule has 1 fully saturated rings. The average Bonchev–Trinajstić information content (AvgIpc) is 2.90. The Morgan fingerprint density at radius 1 is 1.23 bits per heavy atom. The Morgan fingerprint density at radius 3 is 2.57 bits per heavy atom. The van der Waals surface area contributed by atoms with Crippen molar-refractivity contribution in [2.75, 3.05) is 6.61 Å². The Hall–Kier alpha value is -2.63. The van der Waals surface area contributed by atoms with Crippen LogP contribution in [-0.4, -0.2) is 35.9 Å². The first-order valence-corrected chi connectivity index (χ1v) is 13.0. The van der Waals surface area contributed by atoms with Gasteiger partial charge >= 0.3 is 5.69 Å². The largest absolute Gasteiger partial charge is 0.406 e. The second-order valence-corrected chi connectivity index (χ2v) is 14.0. The Labute approximate surface area is 177 Å². The molecule has 1 aromatic heterocycles. The fourth-order valence-corrected chi connectivity index (χ4v) is 4.20. The van der Waals surface area contributed by atoms with Crippen molar-refractivity contribution in [1.29, 1.82) is 0 Å². The number of nitrogens with zero attached hydrogens (tertiary/aromatic N) is 2. The number of carbonyl (C=O) groups excluding carboxylic acids is 2. The maximum atomic E-state index is 12.9. The van der Waals surface area contributed by atoms with Gasteiger partial charge in [-0.25, -0.2) is 4.79 Å². The third kappa shape index (κ3) is 4.00. The molecule has 1 N–H and O–H groups in total. The molecule has 1 aliphatic rings. The van der Waals surface area contributed by atoms with Gasteiger partial charge in [-0.3, -0.25) is 24.0 Å². The van der Waals surface area contributed by atoms with Crippen molar-refractivity contribution in [1.82, 2.24) is 14.5 Å². The van der Waals surface area contributed by atoms with Crippen molar-refractivity contribution in [3.63, 3.8) is 0 Å². The molecular weight excluding hydrogens is 398 g/mol. The molecule has 1 aromatic carbocycles. The van der Waals surface area contributed by atoms with Crippen LogP contribution in [0.4, 0.5) is 0 Å². The number of imide groups is 1. The second-order valence-electron chi connectivity index (χ2n) is 9.20. The SMILES string of the molecule is Cn1c(=O)n(C2CCC(=O)NC2=O)c2cccc(C#CCO[Si](C)(C)C(C)(C)C)c21. The summed E-state index contributed by atoms with van der Waals surface area (Å²) in [7, 11) is -0.211. The van der Waals surface area contributed by atoms with Crippen LogP contribution in [0.3, 0.4) is 0 Å². The summed E-state index contributed by atoms with van der Waals surface area (Å²) in [5.74, 6) is 5.47. The van der Waals surface area contributed by atoms with E-state index in [0.29, 0.717) is 29.6 Å². The summed E-state index contributed by atoms with van der Waals surface area (Å²) in [4.78, 5) is 36.8. The molecule has 0 saturated carbocycles. The van der Waals surface area contributed by atoms with E-state index in [0.717, 1.165) is 0 Å². The number of benzene rings is 1. The number of piperidine rings is 1. The summed E-state index contributed by atoms with van der Waals surface area (Å²) in [5.41, 5.74) is 1.71. The number of imidazole rings is 1. The lowest BCUT2D eigenvalue weighted by atomic mass is 10.1. The minimum atomic E-state index is -1.88. The number of amides is 2. The van der Waals surface area contributed by atoms with Gasteiger partial charge in [-0.2, -0.15) is 0 Å². The lowest BCUT2D eigenvalue weighted by Gasteiger charge is -2.35. The standard InChI is InChI=1S/C22H29N3O4Si/c1-22(2,3)30(5,6)29-14-8-10-15-9-7-11-16-19(15)24(4)21(28)25(16)17-12-13-18(26)23-20(17)27/h7,9,11,17H,12-14H2,1-6H3,(H,23,26,27). The van der Waals surface area contributed by atoms with Gasteiger partial charge in [0.25, 0.3) is 0 Å². The van der Waals surface area contributed by atoms with Crippen molar-refractivity contribution in [2.24, 2.45) is 7.05 Å². The molecule has 8 heteroatoms. The quantitative estimate of drug-likeness (QED) is 0.464. The number of rotatable bonds is 3. The third-order valence-corrected chi connectivity index (χ3v) is 10.6. The maximum absolute atomic E-state index is 12.9. The van der Waals surface area contributed by atoms with Gasteiger partial charge in [-0.1, -0.05) is 38.7 Å². The number of hydrogen-bond donors (Lipinski definition) is 1. The molecule has 1 aliphatic heterocycles. The molecule has 1 saturated heterocycles. The summed E-state index contributed by atoms with van der Waals surface area (Å²) in [6.45, 7) is 11.2. The zero-order chi connectivity index (χ0) is 22.3. The molecule has 3 rings (SSSR count). The summed E-state index contributed by atoms with van der Waals surface area (Å²) >= 11 is 0. The monoisotopic (exact) mass is 427 g/mol. The number of aryl methyl sites for hydroxylation is 1. The van der Waals surface area contributed by atoms with E-state index < -0.39 is 20.3 Å². The van der Waals surface area contributed by atoms with E-state index in [1.54, 1.807) is 13.1 Å². The van der Waals surface area contributed by atoms with Crippen molar-refractivity contribution < 1.29 is 14.0 Å². The van der Waals surface area contributed by atoms with Crippen LogP contribution in [0.25, 0.3) is 11.0 Å². The fourth-order valence-electron chi connectivity index (χ4n) is 3.33. The Kier molecular flexibility index (Phi) is 5.80. The lowest BCUT2D eigenvalue weighted by molar-refractivity contribution is -0.135. The number of para-hydroxylation sites is 1. The molecule has 0 aliphatic carbocycles. The smallest absolute Gasteiger partial charge is 0.329 e. The van der Waals surface area contributed by atoms with Gasteiger partial charge in [0.2, 0.25) is 11.8 Å². The minimum absolute atomic E-state index is 0.109. The third-order valence-electron chi connectivity index (χ3n) is 6.16. The number of fused-ring (bicyclic) bond motifs is 1. The van der Waals surface area contributed by atoms with E-state index in [1.807, 2.05) is 12.1 Å². The number of aromatic nitrogens is 2. The van der Waals surface area contributed by atoms with Crippen LogP contribution in [0.1, 0.15) is 45.2 Å². The molecule has 0 radical (unpaired) electrons. The van der Waals surface area contributed by atoms with E-state index in [2.05, 4.69) is 51.0 Å². The maximum Gasteiger partial charge on any atom is 0.329 e. The first-order chi connectivity index (χ1) is 13.9. The Balaban J connectivity index is 1.95. The molecule has 0 bridgehead atoms. The summed E-state index contributed by atoms with van der Waals surface area (Å²) < 4.78 is 9.09. The number of hydrogen-bond acceptors (Lipinski definition) is 4. The first-order valence-electron chi connectivity index (χ1n) is 10.1. The molecule has 0 spiro atoms. The lowest BCUT2D eigenvalue weighted by Crippen LogP contribution is -2.44. The molecule has 7 nitrogen and oxygen atoms in total. The van der Waals surface area contributed by atoms with Gasteiger partial charge in [-0.15, -0.1) is 0 Å².